The van der Waals surface area contributed by atoms with Gasteiger partial charge in [0.05, 0.1) is 5.41 Å². The van der Waals surface area contributed by atoms with Crippen molar-refractivity contribution in [1.82, 2.24) is 0 Å². The average molecular weight is 1550 g/mol. The van der Waals surface area contributed by atoms with Crippen LogP contribution in [-0.2, 0) is 31.1 Å². The Hall–Kier alpha value is -10.9. The fourth-order valence-electron chi connectivity index (χ4n) is 20.5. The first-order valence-corrected chi connectivity index (χ1v) is 46.3. The van der Waals surface area contributed by atoms with Crippen molar-refractivity contribution in [2.75, 3.05) is 0 Å². The second-order valence-corrected chi connectivity index (χ2v) is 35.4. The van der Waals surface area contributed by atoms with Gasteiger partial charge in [-0.25, -0.2) is 0 Å². The van der Waals surface area contributed by atoms with E-state index in [1.54, 1.807) is 0 Å². The highest BCUT2D eigenvalue weighted by Gasteiger charge is 2.47. The van der Waals surface area contributed by atoms with Crippen molar-refractivity contribution in [1.29, 1.82) is 0 Å². The summed E-state index contributed by atoms with van der Waals surface area (Å²) in [6.45, 7) is 13.9. The molecule has 598 valence electrons. The zero-order valence-electron chi connectivity index (χ0n) is 72.0. The first-order chi connectivity index (χ1) is 58.7. The molecule has 0 nitrogen and oxygen atoms in total. The van der Waals surface area contributed by atoms with Crippen LogP contribution in [0.15, 0.2) is 291 Å². The van der Waals surface area contributed by atoms with Gasteiger partial charge in [0.25, 0.3) is 0 Å². The van der Waals surface area contributed by atoms with Gasteiger partial charge in [0.15, 0.2) is 0 Å². The van der Waals surface area contributed by atoms with Crippen molar-refractivity contribution in [3.63, 3.8) is 0 Å². The minimum absolute atomic E-state index is 0.620. The summed E-state index contributed by atoms with van der Waals surface area (Å²) in [6, 6.07) is 115. The monoisotopic (exact) mass is 1550 g/mol. The molecule has 0 unspecified atom stereocenters. The summed E-state index contributed by atoms with van der Waals surface area (Å²) in [6.07, 6.45) is 35.2. The van der Waals surface area contributed by atoms with Gasteiger partial charge in [-0.1, -0.05) is 434 Å². The van der Waals surface area contributed by atoms with Gasteiger partial charge in [0.2, 0.25) is 0 Å². The quantitative estimate of drug-likeness (QED) is 0.0271. The summed E-state index contributed by atoms with van der Waals surface area (Å²) in [5.74, 6) is 0. The van der Waals surface area contributed by atoms with Crippen molar-refractivity contribution >= 4 is 64.6 Å². The molecule has 16 aromatic rings. The van der Waals surface area contributed by atoms with E-state index in [2.05, 4.69) is 333 Å². The minimum Gasteiger partial charge on any atom is -0.0654 e. The first kappa shape index (κ1) is 80.5. The molecule has 1 aliphatic carbocycles. The zero-order chi connectivity index (χ0) is 81.0. The lowest BCUT2D eigenvalue weighted by Crippen LogP contribution is -2.28. The molecule has 0 heteroatoms. The summed E-state index contributed by atoms with van der Waals surface area (Å²) in [4.78, 5) is 0. The van der Waals surface area contributed by atoms with Crippen molar-refractivity contribution in [2.24, 2.45) is 0 Å². The van der Waals surface area contributed by atoms with E-state index in [1.165, 1.54) is 352 Å². The third kappa shape index (κ3) is 17.1. The Labute approximate surface area is 711 Å². The number of aryl methyl sites for hydroxylation is 6. The lowest BCUT2D eigenvalue weighted by atomic mass is 9.66. The number of rotatable bonds is 36. The third-order valence-corrected chi connectivity index (χ3v) is 26.9. The highest BCUT2D eigenvalue weighted by atomic mass is 14.5. The van der Waals surface area contributed by atoms with Crippen LogP contribution < -0.4 is 0 Å². The van der Waals surface area contributed by atoms with Gasteiger partial charge in [0.1, 0.15) is 0 Å². The van der Waals surface area contributed by atoms with Crippen LogP contribution in [0.5, 0.6) is 0 Å². The molecule has 0 aliphatic heterocycles. The number of benzene rings is 16. The molecule has 17 rings (SSSR count). The Bertz CT molecular complexity index is 5840. The van der Waals surface area contributed by atoms with Crippen LogP contribution in [0.25, 0.3) is 143 Å². The van der Waals surface area contributed by atoms with Crippen LogP contribution in [-0.4, -0.2) is 0 Å². The average Bonchev–Trinajstić information content (AvgIpc) is 1.55. The fraction of sp³-hybridized carbons (Fsp3) is 0.294. The number of hydrogen-bond donors (Lipinski definition) is 0. The van der Waals surface area contributed by atoms with E-state index in [0.717, 1.165) is 25.7 Å². The Morgan fingerprint density at radius 2 is 0.462 bits per heavy atom. The van der Waals surface area contributed by atoms with Gasteiger partial charge in [-0.3, -0.25) is 0 Å². The molecule has 0 N–H and O–H groups in total. The maximum absolute atomic E-state index is 2.59. The molecule has 0 spiro atoms. The van der Waals surface area contributed by atoms with Crippen LogP contribution in [0.2, 0.25) is 0 Å². The van der Waals surface area contributed by atoms with E-state index >= 15 is 0 Å². The van der Waals surface area contributed by atoms with E-state index in [9.17, 15) is 0 Å². The van der Waals surface area contributed by atoms with Crippen molar-refractivity contribution in [3.05, 3.63) is 347 Å². The lowest BCUT2D eigenvalue weighted by molar-refractivity contribution is 0.607. The molecule has 0 saturated carbocycles. The predicted molar refractivity (Wildman–Crippen MR) is 519 cm³/mol. The molecule has 0 amide bonds. The van der Waals surface area contributed by atoms with Gasteiger partial charge in [-0.2, -0.15) is 0 Å². The molecule has 0 saturated heterocycles. The molecule has 0 atom stereocenters. The number of unbranched alkanes of at least 4 members (excludes halogenated alkanes) is 20. The lowest BCUT2D eigenvalue weighted by Gasteiger charge is -2.35. The molecule has 0 fully saturated rings. The molecular formula is C119H122. The Morgan fingerprint density at radius 3 is 0.790 bits per heavy atom. The van der Waals surface area contributed by atoms with Crippen molar-refractivity contribution in [2.45, 2.75) is 227 Å². The number of fused-ring (bicyclic) bond motifs is 9. The SMILES string of the molecule is CCCCCCCCc1ccc2c(-c3ccc4cc(C5(c6ccc7cc(-c8c9ccc(CCCCCCCC)cc9c(-c9ccc(-c%10ccccc%10)cc9)c9ccc(CCCCCCCC)cc89)ccc7c6)c6cc(C)ccc6-c6ccc(C)cc65)ccc4c3)c3cc(CCCCCCCC)ccc3c(-c3ccc(-c4ccccc4)cc3)c2c1. The maximum atomic E-state index is 2.59. The van der Waals surface area contributed by atoms with E-state index in [4.69, 9.17) is 0 Å². The van der Waals surface area contributed by atoms with E-state index in [0.29, 0.717) is 0 Å². The van der Waals surface area contributed by atoms with Crippen LogP contribution in [0.3, 0.4) is 0 Å². The zero-order valence-corrected chi connectivity index (χ0v) is 72.0. The van der Waals surface area contributed by atoms with Gasteiger partial charge < -0.3 is 0 Å². The third-order valence-electron chi connectivity index (χ3n) is 26.9. The van der Waals surface area contributed by atoms with E-state index in [1.807, 2.05) is 0 Å². The largest absolute Gasteiger partial charge is 0.0714 e. The molecule has 0 radical (unpaired) electrons. The van der Waals surface area contributed by atoms with E-state index < -0.39 is 5.41 Å². The smallest absolute Gasteiger partial charge is 0.0654 e. The molecule has 1 aliphatic rings. The minimum atomic E-state index is -0.620. The molecular weight excluding hydrogens is 1430 g/mol. The normalized spacial score (nSPS) is 12.5. The summed E-state index contributed by atoms with van der Waals surface area (Å²) in [7, 11) is 0. The topological polar surface area (TPSA) is 0 Å². The second kappa shape index (κ2) is 37.6. The molecule has 0 heterocycles. The highest BCUT2D eigenvalue weighted by Crippen LogP contribution is 2.58. The highest BCUT2D eigenvalue weighted by molar-refractivity contribution is 6.24. The van der Waals surface area contributed by atoms with Gasteiger partial charge in [-0.05, 0) is 277 Å². The van der Waals surface area contributed by atoms with Crippen LogP contribution >= 0.6 is 0 Å². The number of hydrogen-bond acceptors (Lipinski definition) is 0. The Kier molecular flexibility index (Phi) is 25.4. The molecule has 16 aromatic carbocycles. The summed E-state index contributed by atoms with van der Waals surface area (Å²) in [5, 5.41) is 15.7. The van der Waals surface area contributed by atoms with Gasteiger partial charge in [0, 0.05) is 0 Å². The van der Waals surface area contributed by atoms with Crippen LogP contribution in [0, 0.1) is 13.8 Å². The predicted octanol–water partition coefficient (Wildman–Crippen LogP) is 35.2. The van der Waals surface area contributed by atoms with Crippen molar-refractivity contribution in [3.8, 4) is 77.9 Å². The van der Waals surface area contributed by atoms with Gasteiger partial charge >= 0.3 is 0 Å². The van der Waals surface area contributed by atoms with Crippen molar-refractivity contribution < 1.29 is 0 Å². The maximum Gasteiger partial charge on any atom is 0.0714 e. The first-order valence-electron chi connectivity index (χ1n) is 46.3. The van der Waals surface area contributed by atoms with Gasteiger partial charge in [-0.15, -0.1) is 0 Å². The Morgan fingerprint density at radius 1 is 0.193 bits per heavy atom. The summed E-state index contributed by atoms with van der Waals surface area (Å²) < 4.78 is 0. The standard InChI is InChI=1S/C119H122/c1-7-11-15-19-23-29-37-85-49-71-107-109(75-85)115(93-55-51-91(52-56-93)89-41-33-27-34-42-89)105-69-47-87(39-31-25-21-17-13-9-3)77-111(105)117(107)99-61-59-97-81-101(65-63-95(97)79-99)119(113-73-83(5)45-67-103(113)104-68-46-84(6)74-114(104)119)102-66-64-96-80-100(62-60-98(96)82-102)118-108-72-50-86(38-30-24-20-16-12-8-2)76-110(108)116(94-57-53-92(54-58-94)90-43-35-28-36-44-90)106-70-48-88(78-112(106)118)40-32-26-22-18-14-10-4/h27-28,33-36,41-82H,7-26,29-32,37-40H2,1-6H3. The van der Waals surface area contributed by atoms with Crippen LogP contribution in [0.4, 0.5) is 0 Å². The summed E-state index contributed by atoms with van der Waals surface area (Å²) >= 11 is 0. The molecule has 119 heavy (non-hydrogen) atoms. The van der Waals surface area contributed by atoms with Crippen LogP contribution in [0.1, 0.15) is 237 Å². The second-order valence-electron chi connectivity index (χ2n) is 35.4. The Balaban J connectivity index is 0.803. The summed E-state index contributed by atoms with van der Waals surface area (Å²) in [5.41, 5.74) is 31.0. The molecule has 0 bridgehead atoms. The fourth-order valence-corrected chi connectivity index (χ4v) is 20.5. The van der Waals surface area contributed by atoms with E-state index in [-0.39, 0.29) is 0 Å². The molecule has 0 aromatic heterocycles.